The Kier molecular flexibility index (Phi) is 6.46. The van der Waals surface area contributed by atoms with E-state index < -0.39 is 11.6 Å². The van der Waals surface area contributed by atoms with Crippen molar-refractivity contribution in [2.24, 2.45) is 5.92 Å². The van der Waals surface area contributed by atoms with Crippen LogP contribution in [-0.2, 0) is 11.2 Å². The number of piperazine rings is 1. The van der Waals surface area contributed by atoms with Crippen molar-refractivity contribution in [3.8, 4) is 0 Å². The molecule has 0 bridgehead atoms. The van der Waals surface area contributed by atoms with Gasteiger partial charge in [-0.1, -0.05) is 29.3 Å². The van der Waals surface area contributed by atoms with Crippen LogP contribution in [0.2, 0.25) is 10.0 Å². The molecule has 1 amide bonds. The lowest BCUT2D eigenvalue weighted by atomic mass is 9.90. The number of benzene rings is 2. The summed E-state index contributed by atoms with van der Waals surface area (Å²) in [5, 5.41) is 4.11. The Labute approximate surface area is 184 Å². The molecule has 2 aromatic rings. The van der Waals surface area contributed by atoms with Crippen LogP contribution in [0.5, 0.6) is 0 Å². The summed E-state index contributed by atoms with van der Waals surface area (Å²) >= 11 is 13.1. The minimum absolute atomic E-state index is 0.0584. The van der Waals surface area contributed by atoms with Crippen LogP contribution < -0.4 is 15.1 Å². The number of hydrogen-bond acceptors (Lipinski definition) is 3. The number of hydrogen-bond donors (Lipinski definition) is 1. The van der Waals surface area contributed by atoms with Crippen molar-refractivity contribution >= 4 is 40.5 Å². The van der Waals surface area contributed by atoms with Gasteiger partial charge in [-0.25, -0.2) is 8.78 Å². The Morgan fingerprint density at radius 3 is 2.33 bits per heavy atom. The van der Waals surface area contributed by atoms with E-state index in [1.165, 1.54) is 18.2 Å². The zero-order valence-electron chi connectivity index (χ0n) is 16.4. The second-order valence-corrected chi connectivity index (χ2v) is 8.62. The Morgan fingerprint density at radius 2 is 1.70 bits per heavy atom. The number of amides is 1. The molecule has 2 saturated heterocycles. The van der Waals surface area contributed by atoms with Crippen LogP contribution in [0.4, 0.5) is 20.2 Å². The van der Waals surface area contributed by atoms with Crippen LogP contribution in [0.1, 0.15) is 18.4 Å². The maximum atomic E-state index is 14.1. The van der Waals surface area contributed by atoms with Crippen molar-refractivity contribution in [3.05, 3.63) is 57.6 Å². The first-order valence-electron chi connectivity index (χ1n) is 10.1. The fraction of sp³-hybridized carbons (Fsp3) is 0.409. The Balaban J connectivity index is 1.57. The quantitative estimate of drug-likeness (QED) is 0.730. The molecule has 0 aromatic heterocycles. The second kappa shape index (κ2) is 9.08. The minimum Gasteiger partial charge on any atom is -0.369 e. The van der Waals surface area contributed by atoms with Crippen LogP contribution in [0.25, 0.3) is 0 Å². The molecule has 1 atom stereocenters. The Hall–Kier alpha value is -1.89. The molecule has 0 spiro atoms. The van der Waals surface area contributed by atoms with E-state index in [2.05, 4.69) is 10.2 Å². The summed E-state index contributed by atoms with van der Waals surface area (Å²) < 4.78 is 28.2. The second-order valence-electron chi connectivity index (χ2n) is 7.81. The first kappa shape index (κ1) is 21.3. The van der Waals surface area contributed by atoms with Gasteiger partial charge in [-0.2, -0.15) is 0 Å². The summed E-state index contributed by atoms with van der Waals surface area (Å²) in [6.45, 7) is 3.79. The summed E-state index contributed by atoms with van der Waals surface area (Å²) in [5.74, 6) is -1.29. The van der Waals surface area contributed by atoms with Gasteiger partial charge in [0.05, 0.1) is 15.7 Å². The lowest BCUT2D eigenvalue weighted by Crippen LogP contribution is -2.43. The van der Waals surface area contributed by atoms with Gasteiger partial charge in [0.2, 0.25) is 5.91 Å². The molecule has 8 heteroatoms. The number of halogens is 4. The molecular formula is C22H23Cl2F2N3O. The standard InChI is InChI=1S/C22H23Cl2F2N3O/c23-17-11-15(28-8-6-27-7-9-28)12-18(24)22(17)29-13-14(4-5-21(29)30)10-16-19(25)2-1-3-20(16)26/h1-3,11-12,14,27H,4-10,13H2. The van der Waals surface area contributed by atoms with Gasteiger partial charge in [0.15, 0.2) is 0 Å². The van der Waals surface area contributed by atoms with Crippen molar-refractivity contribution < 1.29 is 13.6 Å². The van der Waals surface area contributed by atoms with E-state index in [1.54, 1.807) is 4.90 Å². The first-order chi connectivity index (χ1) is 14.4. The molecule has 2 fully saturated rings. The van der Waals surface area contributed by atoms with E-state index in [0.717, 1.165) is 31.9 Å². The number of carbonyl (C=O) groups is 1. The smallest absolute Gasteiger partial charge is 0.227 e. The van der Waals surface area contributed by atoms with Gasteiger partial charge in [0.25, 0.3) is 0 Å². The van der Waals surface area contributed by atoms with E-state index in [0.29, 0.717) is 28.7 Å². The van der Waals surface area contributed by atoms with Gasteiger partial charge < -0.3 is 15.1 Å². The van der Waals surface area contributed by atoms with Gasteiger partial charge in [0.1, 0.15) is 11.6 Å². The minimum atomic E-state index is -0.560. The molecule has 2 heterocycles. The zero-order valence-corrected chi connectivity index (χ0v) is 17.9. The summed E-state index contributed by atoms with van der Waals surface area (Å²) in [6.07, 6.45) is 1.07. The molecule has 0 radical (unpaired) electrons. The van der Waals surface area contributed by atoms with Gasteiger partial charge in [-0.15, -0.1) is 0 Å². The molecule has 1 N–H and O–H groups in total. The highest BCUT2D eigenvalue weighted by Crippen LogP contribution is 2.40. The van der Waals surface area contributed by atoms with Crippen LogP contribution in [0.3, 0.4) is 0 Å². The van der Waals surface area contributed by atoms with E-state index in [9.17, 15) is 13.6 Å². The van der Waals surface area contributed by atoms with Gasteiger partial charge in [-0.3, -0.25) is 4.79 Å². The first-order valence-corrected chi connectivity index (χ1v) is 10.9. The largest absolute Gasteiger partial charge is 0.369 e. The number of anilines is 2. The lowest BCUT2D eigenvalue weighted by Gasteiger charge is -2.35. The predicted octanol–water partition coefficient (Wildman–Crippen LogP) is 4.67. The summed E-state index contributed by atoms with van der Waals surface area (Å²) in [4.78, 5) is 16.4. The van der Waals surface area contributed by atoms with Gasteiger partial charge >= 0.3 is 0 Å². The number of piperidine rings is 1. The number of carbonyl (C=O) groups excluding carboxylic acids is 1. The highest BCUT2D eigenvalue weighted by Gasteiger charge is 2.31. The fourth-order valence-electron chi connectivity index (χ4n) is 4.23. The third-order valence-corrected chi connectivity index (χ3v) is 6.39. The third kappa shape index (κ3) is 4.41. The summed E-state index contributed by atoms with van der Waals surface area (Å²) in [5.41, 5.74) is 1.45. The molecule has 1 unspecified atom stereocenters. The molecule has 0 saturated carbocycles. The van der Waals surface area contributed by atoms with E-state index in [1.807, 2.05) is 12.1 Å². The Morgan fingerprint density at radius 1 is 1.07 bits per heavy atom. The lowest BCUT2D eigenvalue weighted by molar-refractivity contribution is -0.120. The SMILES string of the molecule is O=C1CCC(Cc2c(F)cccc2F)CN1c1c(Cl)cc(N2CCNCC2)cc1Cl. The third-order valence-electron chi connectivity index (χ3n) is 5.82. The van der Waals surface area contributed by atoms with Crippen molar-refractivity contribution in [1.29, 1.82) is 0 Å². The van der Waals surface area contributed by atoms with E-state index in [-0.39, 0.29) is 30.2 Å². The van der Waals surface area contributed by atoms with Gasteiger partial charge in [0, 0.05) is 50.4 Å². The van der Waals surface area contributed by atoms with E-state index in [4.69, 9.17) is 23.2 Å². The van der Waals surface area contributed by atoms with Crippen molar-refractivity contribution in [2.75, 3.05) is 42.5 Å². The van der Waals surface area contributed by atoms with Crippen LogP contribution in [0, 0.1) is 17.6 Å². The summed E-state index contributed by atoms with van der Waals surface area (Å²) in [6, 6.07) is 7.53. The average Bonchev–Trinajstić information content (AvgIpc) is 2.73. The fourth-order valence-corrected chi connectivity index (χ4v) is 4.91. The topological polar surface area (TPSA) is 35.6 Å². The molecule has 4 nitrogen and oxygen atoms in total. The highest BCUT2D eigenvalue weighted by molar-refractivity contribution is 6.40. The maximum absolute atomic E-state index is 14.1. The number of nitrogens with one attached hydrogen (secondary N) is 1. The zero-order chi connectivity index (χ0) is 21.3. The van der Waals surface area contributed by atoms with Crippen molar-refractivity contribution in [3.63, 3.8) is 0 Å². The molecule has 2 aliphatic heterocycles. The Bertz CT molecular complexity index is 907. The molecule has 2 aliphatic rings. The molecule has 160 valence electrons. The van der Waals surface area contributed by atoms with Crippen LogP contribution >= 0.6 is 23.2 Å². The highest BCUT2D eigenvalue weighted by atomic mass is 35.5. The van der Waals surface area contributed by atoms with Crippen molar-refractivity contribution in [2.45, 2.75) is 19.3 Å². The number of rotatable bonds is 4. The van der Waals surface area contributed by atoms with Crippen LogP contribution in [0.15, 0.2) is 30.3 Å². The van der Waals surface area contributed by atoms with Crippen molar-refractivity contribution in [1.82, 2.24) is 5.32 Å². The summed E-state index contributed by atoms with van der Waals surface area (Å²) in [7, 11) is 0. The maximum Gasteiger partial charge on any atom is 0.227 e. The average molecular weight is 454 g/mol. The number of nitrogens with zero attached hydrogens (tertiary/aromatic N) is 2. The molecule has 2 aromatic carbocycles. The van der Waals surface area contributed by atoms with E-state index >= 15 is 0 Å². The monoisotopic (exact) mass is 453 g/mol. The molecule has 4 rings (SSSR count). The normalized spacial score (nSPS) is 20.0. The van der Waals surface area contributed by atoms with Crippen LogP contribution in [-0.4, -0.2) is 38.6 Å². The molecular weight excluding hydrogens is 431 g/mol. The molecule has 0 aliphatic carbocycles. The predicted molar refractivity (Wildman–Crippen MR) is 117 cm³/mol. The van der Waals surface area contributed by atoms with Gasteiger partial charge in [-0.05, 0) is 43.0 Å². The molecule has 30 heavy (non-hydrogen) atoms.